The molecule has 114 valence electrons. The van der Waals surface area contributed by atoms with Gasteiger partial charge >= 0.3 is 0 Å². The van der Waals surface area contributed by atoms with Gasteiger partial charge in [-0.2, -0.15) is 0 Å². The fourth-order valence-electron chi connectivity index (χ4n) is 5.79. The van der Waals surface area contributed by atoms with E-state index in [9.17, 15) is 0 Å². The Morgan fingerprint density at radius 1 is 0.900 bits per heavy atom. The first-order chi connectivity index (χ1) is 9.85. The van der Waals surface area contributed by atoms with E-state index < -0.39 is 0 Å². The summed E-state index contributed by atoms with van der Waals surface area (Å²) >= 11 is 0. The zero-order valence-corrected chi connectivity index (χ0v) is 13.1. The topological polar surface area (TPSA) is 15.3 Å². The minimum absolute atomic E-state index is 0.772. The van der Waals surface area contributed by atoms with Crippen LogP contribution >= 0.6 is 0 Å². The van der Waals surface area contributed by atoms with E-state index in [1.54, 1.807) is 0 Å². The molecular formula is C18H32N2. The standard InChI is InChI=1S/C18H32N2/c1-2-7-18(8-3-1)9-11-20(12-10-18)14-17-16-6-4-5-15(16)13-19-17/h15-17,19H,1-14H2. The van der Waals surface area contributed by atoms with Crippen LogP contribution in [0.4, 0.5) is 0 Å². The van der Waals surface area contributed by atoms with Crippen LogP contribution in [-0.2, 0) is 0 Å². The number of piperidine rings is 1. The molecule has 4 rings (SSSR count). The van der Waals surface area contributed by atoms with Gasteiger partial charge < -0.3 is 10.2 Å². The lowest BCUT2D eigenvalue weighted by Crippen LogP contribution is -2.47. The van der Waals surface area contributed by atoms with Gasteiger partial charge in [-0.05, 0) is 75.4 Å². The van der Waals surface area contributed by atoms with Gasteiger partial charge in [-0.1, -0.05) is 25.7 Å². The first-order valence-corrected chi connectivity index (χ1v) is 9.30. The normalized spacial score (nSPS) is 41.1. The molecule has 3 unspecified atom stereocenters. The number of rotatable bonds is 2. The van der Waals surface area contributed by atoms with Crippen molar-refractivity contribution in [3.8, 4) is 0 Å². The predicted molar refractivity (Wildman–Crippen MR) is 83.8 cm³/mol. The molecule has 2 aliphatic heterocycles. The average molecular weight is 276 g/mol. The molecule has 4 fully saturated rings. The van der Waals surface area contributed by atoms with Crippen molar-refractivity contribution in [1.29, 1.82) is 0 Å². The van der Waals surface area contributed by atoms with Crippen LogP contribution < -0.4 is 5.32 Å². The fraction of sp³-hybridized carbons (Fsp3) is 1.00. The molecule has 0 amide bonds. The summed E-state index contributed by atoms with van der Waals surface area (Å²) in [4.78, 5) is 2.79. The van der Waals surface area contributed by atoms with Gasteiger partial charge in [-0.3, -0.25) is 0 Å². The zero-order chi connectivity index (χ0) is 13.4. The van der Waals surface area contributed by atoms with Gasteiger partial charge in [0.1, 0.15) is 0 Å². The van der Waals surface area contributed by atoms with Crippen molar-refractivity contribution in [2.45, 2.75) is 70.3 Å². The van der Waals surface area contributed by atoms with Gasteiger partial charge in [0, 0.05) is 12.6 Å². The zero-order valence-electron chi connectivity index (χ0n) is 13.1. The Hall–Kier alpha value is -0.0800. The molecule has 1 N–H and O–H groups in total. The lowest BCUT2D eigenvalue weighted by atomic mass is 9.68. The van der Waals surface area contributed by atoms with Crippen molar-refractivity contribution < 1.29 is 0 Å². The number of fused-ring (bicyclic) bond motifs is 1. The third-order valence-electron chi connectivity index (χ3n) is 7.16. The van der Waals surface area contributed by atoms with E-state index in [4.69, 9.17) is 0 Å². The highest BCUT2D eigenvalue weighted by Gasteiger charge is 2.41. The smallest absolute Gasteiger partial charge is 0.0226 e. The Morgan fingerprint density at radius 2 is 1.70 bits per heavy atom. The van der Waals surface area contributed by atoms with Crippen molar-refractivity contribution in [2.75, 3.05) is 26.2 Å². The molecule has 0 aromatic heterocycles. The average Bonchev–Trinajstić information content (AvgIpc) is 3.08. The van der Waals surface area contributed by atoms with Gasteiger partial charge in [0.05, 0.1) is 0 Å². The molecule has 2 nitrogen and oxygen atoms in total. The molecular weight excluding hydrogens is 244 g/mol. The molecule has 3 atom stereocenters. The van der Waals surface area contributed by atoms with Crippen LogP contribution in [-0.4, -0.2) is 37.1 Å². The van der Waals surface area contributed by atoms with Gasteiger partial charge in [0.15, 0.2) is 0 Å². The second-order valence-corrected chi connectivity index (χ2v) is 8.23. The maximum absolute atomic E-state index is 3.84. The number of nitrogens with one attached hydrogen (secondary N) is 1. The molecule has 2 heterocycles. The van der Waals surface area contributed by atoms with Gasteiger partial charge in [-0.25, -0.2) is 0 Å². The van der Waals surface area contributed by atoms with Gasteiger partial charge in [-0.15, -0.1) is 0 Å². The van der Waals surface area contributed by atoms with E-state index in [1.807, 2.05) is 0 Å². The van der Waals surface area contributed by atoms with Crippen LogP contribution in [0.2, 0.25) is 0 Å². The highest BCUT2D eigenvalue weighted by Crippen LogP contribution is 2.45. The number of hydrogen-bond acceptors (Lipinski definition) is 2. The minimum Gasteiger partial charge on any atom is -0.312 e. The third kappa shape index (κ3) is 2.54. The predicted octanol–water partition coefficient (Wildman–Crippen LogP) is 3.42. The Labute approximate surface area is 124 Å². The molecule has 4 aliphatic rings. The Morgan fingerprint density at radius 3 is 2.50 bits per heavy atom. The summed E-state index contributed by atoms with van der Waals surface area (Å²) < 4.78 is 0. The van der Waals surface area contributed by atoms with Crippen molar-refractivity contribution in [2.24, 2.45) is 17.3 Å². The lowest BCUT2D eigenvalue weighted by molar-refractivity contribution is 0.0610. The summed E-state index contributed by atoms with van der Waals surface area (Å²) in [6.07, 6.45) is 15.1. The van der Waals surface area contributed by atoms with Gasteiger partial charge in [0.25, 0.3) is 0 Å². The number of likely N-dealkylation sites (tertiary alicyclic amines) is 1. The Bertz CT molecular complexity index is 324. The van der Waals surface area contributed by atoms with Crippen LogP contribution in [0.1, 0.15) is 64.2 Å². The molecule has 2 saturated heterocycles. The fourth-order valence-corrected chi connectivity index (χ4v) is 5.79. The molecule has 2 saturated carbocycles. The van der Waals surface area contributed by atoms with E-state index in [-0.39, 0.29) is 0 Å². The summed E-state index contributed by atoms with van der Waals surface area (Å²) in [6, 6.07) is 0.822. The summed E-state index contributed by atoms with van der Waals surface area (Å²) in [5.74, 6) is 2.04. The first kappa shape index (κ1) is 13.6. The van der Waals surface area contributed by atoms with Crippen molar-refractivity contribution in [3.63, 3.8) is 0 Å². The molecule has 2 heteroatoms. The van der Waals surface area contributed by atoms with Crippen LogP contribution in [0.3, 0.4) is 0 Å². The van der Waals surface area contributed by atoms with Crippen molar-refractivity contribution in [1.82, 2.24) is 10.2 Å². The molecule has 0 radical (unpaired) electrons. The van der Waals surface area contributed by atoms with Crippen LogP contribution in [0.5, 0.6) is 0 Å². The molecule has 20 heavy (non-hydrogen) atoms. The summed E-state index contributed by atoms with van der Waals surface area (Å²) in [5.41, 5.74) is 0.772. The Kier molecular flexibility index (Phi) is 3.80. The summed E-state index contributed by atoms with van der Waals surface area (Å²) in [6.45, 7) is 5.43. The van der Waals surface area contributed by atoms with E-state index in [0.717, 1.165) is 23.3 Å². The monoisotopic (exact) mass is 276 g/mol. The van der Waals surface area contributed by atoms with E-state index in [0.29, 0.717) is 0 Å². The van der Waals surface area contributed by atoms with Gasteiger partial charge in [0.2, 0.25) is 0 Å². The second kappa shape index (κ2) is 5.61. The highest BCUT2D eigenvalue weighted by molar-refractivity contribution is 4.96. The molecule has 0 aromatic rings. The van der Waals surface area contributed by atoms with E-state index in [2.05, 4.69) is 10.2 Å². The summed E-state index contributed by atoms with van der Waals surface area (Å²) in [5, 5.41) is 3.84. The Balaban J connectivity index is 1.29. The molecule has 0 aromatic carbocycles. The first-order valence-electron chi connectivity index (χ1n) is 9.30. The maximum atomic E-state index is 3.84. The quantitative estimate of drug-likeness (QED) is 0.831. The van der Waals surface area contributed by atoms with Crippen molar-refractivity contribution >= 4 is 0 Å². The minimum atomic E-state index is 0.772. The largest absolute Gasteiger partial charge is 0.312 e. The third-order valence-corrected chi connectivity index (χ3v) is 7.16. The lowest BCUT2D eigenvalue weighted by Gasteiger charge is -2.45. The van der Waals surface area contributed by atoms with Crippen LogP contribution in [0.25, 0.3) is 0 Å². The highest BCUT2D eigenvalue weighted by atomic mass is 15.2. The van der Waals surface area contributed by atoms with E-state index in [1.165, 1.54) is 90.4 Å². The van der Waals surface area contributed by atoms with Crippen LogP contribution in [0, 0.1) is 17.3 Å². The maximum Gasteiger partial charge on any atom is 0.0226 e. The molecule has 0 bridgehead atoms. The van der Waals surface area contributed by atoms with E-state index >= 15 is 0 Å². The number of nitrogens with zero attached hydrogens (tertiary/aromatic N) is 1. The molecule has 1 spiro atoms. The second-order valence-electron chi connectivity index (χ2n) is 8.23. The van der Waals surface area contributed by atoms with Crippen LogP contribution in [0.15, 0.2) is 0 Å². The molecule has 2 aliphatic carbocycles. The SMILES string of the molecule is C1CCC2(CC1)CCN(CC1NCC3CCCC31)CC2. The van der Waals surface area contributed by atoms with Crippen molar-refractivity contribution in [3.05, 3.63) is 0 Å². The number of hydrogen-bond donors (Lipinski definition) is 1. The summed E-state index contributed by atoms with van der Waals surface area (Å²) in [7, 11) is 0.